The molecule has 3 rings (SSSR count). The number of methoxy groups -OCH3 is 1. The van der Waals surface area contributed by atoms with Gasteiger partial charge in [-0.2, -0.15) is 0 Å². The normalized spacial score (nSPS) is 10.8. The van der Waals surface area contributed by atoms with Crippen LogP contribution < -0.4 is 15.4 Å². The summed E-state index contributed by atoms with van der Waals surface area (Å²) in [5, 5.41) is 5.28. The van der Waals surface area contributed by atoms with Crippen LogP contribution in [0, 0.1) is 0 Å². The van der Waals surface area contributed by atoms with Gasteiger partial charge < -0.3 is 14.8 Å². The van der Waals surface area contributed by atoms with Gasteiger partial charge in [-0.25, -0.2) is 13.2 Å². The maximum atomic E-state index is 12.7. The zero-order chi connectivity index (χ0) is 23.7. The standard InChI is InChI=1S/C23H23N3O6S/c1-31-13-14-32-23(28)25-19-9-6-8-18(16-19)24-22(27)17-7-5-10-20(15-17)26-33(29,30)21-11-3-2-4-12-21/h2-12,15-16,26H,13-14H2,1H3,(H,24,27)(H,25,28). The number of ether oxygens (including phenoxy) is 2. The Bertz CT molecular complexity index is 1220. The molecule has 0 spiro atoms. The van der Waals surface area contributed by atoms with Gasteiger partial charge in [0, 0.05) is 29.7 Å². The van der Waals surface area contributed by atoms with E-state index in [2.05, 4.69) is 15.4 Å². The number of carbonyl (C=O) groups excluding carboxylic acids is 2. The molecule has 0 aliphatic rings. The van der Waals surface area contributed by atoms with Crippen LogP contribution in [0.3, 0.4) is 0 Å². The van der Waals surface area contributed by atoms with Gasteiger partial charge in [-0.05, 0) is 48.5 Å². The molecule has 3 aromatic carbocycles. The lowest BCUT2D eigenvalue weighted by Gasteiger charge is -2.11. The molecule has 33 heavy (non-hydrogen) atoms. The topological polar surface area (TPSA) is 123 Å². The Balaban J connectivity index is 1.66. The Labute approximate surface area is 191 Å². The Morgan fingerprint density at radius 3 is 2.18 bits per heavy atom. The quantitative estimate of drug-likeness (QED) is 0.408. The van der Waals surface area contributed by atoms with E-state index in [0.29, 0.717) is 11.4 Å². The van der Waals surface area contributed by atoms with Crippen LogP contribution in [0.5, 0.6) is 0 Å². The maximum Gasteiger partial charge on any atom is 0.411 e. The first kappa shape index (κ1) is 23.8. The predicted octanol–water partition coefficient (Wildman–Crippen LogP) is 3.93. The summed E-state index contributed by atoms with van der Waals surface area (Å²) in [6.45, 7) is 0.396. The molecule has 9 nitrogen and oxygen atoms in total. The molecule has 0 radical (unpaired) electrons. The molecule has 0 fully saturated rings. The van der Waals surface area contributed by atoms with Gasteiger partial charge in [0.05, 0.1) is 11.5 Å². The average molecular weight is 470 g/mol. The van der Waals surface area contributed by atoms with Gasteiger partial charge in [0.25, 0.3) is 15.9 Å². The van der Waals surface area contributed by atoms with E-state index < -0.39 is 22.0 Å². The monoisotopic (exact) mass is 469 g/mol. The molecule has 172 valence electrons. The molecular weight excluding hydrogens is 446 g/mol. The number of benzene rings is 3. The van der Waals surface area contributed by atoms with Crippen molar-refractivity contribution in [3.05, 3.63) is 84.4 Å². The number of hydrogen-bond acceptors (Lipinski definition) is 6. The third-order valence-electron chi connectivity index (χ3n) is 4.32. The summed E-state index contributed by atoms with van der Waals surface area (Å²) in [5.41, 5.74) is 1.37. The van der Waals surface area contributed by atoms with Gasteiger partial charge in [-0.1, -0.05) is 30.3 Å². The summed E-state index contributed by atoms with van der Waals surface area (Å²) in [6.07, 6.45) is -0.645. The van der Waals surface area contributed by atoms with E-state index in [1.54, 1.807) is 60.7 Å². The van der Waals surface area contributed by atoms with Crippen LogP contribution in [0.4, 0.5) is 21.9 Å². The Hall–Kier alpha value is -3.89. The van der Waals surface area contributed by atoms with E-state index in [4.69, 9.17) is 9.47 Å². The number of nitrogens with one attached hydrogen (secondary N) is 3. The molecule has 0 saturated heterocycles. The van der Waals surface area contributed by atoms with Crippen molar-refractivity contribution in [1.29, 1.82) is 0 Å². The molecule has 0 bridgehead atoms. The highest BCUT2D eigenvalue weighted by atomic mass is 32.2. The van der Waals surface area contributed by atoms with Crippen molar-refractivity contribution in [2.75, 3.05) is 35.7 Å². The highest BCUT2D eigenvalue weighted by Crippen LogP contribution is 2.19. The maximum absolute atomic E-state index is 12.7. The molecule has 2 amide bonds. The van der Waals surface area contributed by atoms with Crippen LogP contribution in [0.1, 0.15) is 10.4 Å². The molecule has 0 aliphatic heterocycles. The lowest BCUT2D eigenvalue weighted by Crippen LogP contribution is -2.17. The second-order valence-corrected chi connectivity index (χ2v) is 8.47. The van der Waals surface area contributed by atoms with Crippen molar-refractivity contribution < 1.29 is 27.5 Å². The first-order valence-electron chi connectivity index (χ1n) is 9.89. The summed E-state index contributed by atoms with van der Waals surface area (Å²) >= 11 is 0. The van der Waals surface area contributed by atoms with E-state index in [-0.39, 0.29) is 29.4 Å². The first-order chi connectivity index (χ1) is 15.9. The van der Waals surface area contributed by atoms with Crippen molar-refractivity contribution in [2.45, 2.75) is 4.90 Å². The fourth-order valence-corrected chi connectivity index (χ4v) is 3.86. The minimum Gasteiger partial charge on any atom is -0.447 e. The summed E-state index contributed by atoms with van der Waals surface area (Å²) in [4.78, 5) is 24.6. The average Bonchev–Trinajstić information content (AvgIpc) is 2.80. The van der Waals surface area contributed by atoms with Gasteiger partial charge in [0.15, 0.2) is 0 Å². The molecule has 0 aliphatic carbocycles. The number of rotatable bonds is 9. The largest absolute Gasteiger partial charge is 0.447 e. The van der Waals surface area contributed by atoms with Crippen molar-refractivity contribution in [1.82, 2.24) is 0 Å². The van der Waals surface area contributed by atoms with E-state index in [1.165, 1.54) is 25.3 Å². The van der Waals surface area contributed by atoms with Gasteiger partial charge in [-0.3, -0.25) is 14.8 Å². The zero-order valence-electron chi connectivity index (χ0n) is 17.8. The minimum atomic E-state index is -3.78. The van der Waals surface area contributed by atoms with Crippen LogP contribution in [-0.2, 0) is 19.5 Å². The molecule has 10 heteroatoms. The van der Waals surface area contributed by atoms with Crippen molar-refractivity contribution in [3.8, 4) is 0 Å². The molecule has 3 N–H and O–H groups in total. The van der Waals surface area contributed by atoms with E-state index in [0.717, 1.165) is 0 Å². The molecule has 3 aromatic rings. The van der Waals surface area contributed by atoms with E-state index in [1.807, 2.05) is 0 Å². The van der Waals surface area contributed by atoms with Crippen LogP contribution in [0.2, 0.25) is 0 Å². The predicted molar refractivity (Wildman–Crippen MR) is 125 cm³/mol. The SMILES string of the molecule is COCCOC(=O)Nc1cccc(NC(=O)c2cccc(NS(=O)(=O)c3ccccc3)c2)c1. The lowest BCUT2D eigenvalue weighted by atomic mass is 10.2. The summed E-state index contributed by atoms with van der Waals surface area (Å²) in [5.74, 6) is -0.449. The number of hydrogen-bond donors (Lipinski definition) is 3. The van der Waals surface area contributed by atoms with Crippen LogP contribution in [0.15, 0.2) is 83.8 Å². The van der Waals surface area contributed by atoms with E-state index >= 15 is 0 Å². The lowest BCUT2D eigenvalue weighted by molar-refractivity contribution is 0.102. The van der Waals surface area contributed by atoms with E-state index in [9.17, 15) is 18.0 Å². The second kappa shape index (κ2) is 11.1. The number of amides is 2. The van der Waals surface area contributed by atoms with Gasteiger partial charge in [0.2, 0.25) is 0 Å². The third-order valence-corrected chi connectivity index (χ3v) is 5.72. The fourth-order valence-electron chi connectivity index (χ4n) is 2.79. The molecule has 0 saturated carbocycles. The first-order valence-corrected chi connectivity index (χ1v) is 11.4. The smallest absolute Gasteiger partial charge is 0.411 e. The van der Waals surface area contributed by atoms with Crippen molar-refractivity contribution >= 4 is 39.1 Å². The second-order valence-electron chi connectivity index (χ2n) is 6.79. The minimum absolute atomic E-state index is 0.114. The Morgan fingerprint density at radius 1 is 0.788 bits per heavy atom. The van der Waals surface area contributed by atoms with Crippen molar-refractivity contribution in [2.24, 2.45) is 0 Å². The number of anilines is 3. The van der Waals surface area contributed by atoms with Crippen LogP contribution >= 0.6 is 0 Å². The fraction of sp³-hybridized carbons (Fsp3) is 0.130. The number of carbonyl (C=O) groups is 2. The highest BCUT2D eigenvalue weighted by molar-refractivity contribution is 7.92. The number of sulfonamides is 1. The van der Waals surface area contributed by atoms with Gasteiger partial charge in [0.1, 0.15) is 6.61 Å². The molecule has 0 atom stereocenters. The Kier molecular flexibility index (Phi) is 8.01. The Morgan fingerprint density at radius 2 is 1.45 bits per heavy atom. The molecule has 0 aromatic heterocycles. The molecular formula is C23H23N3O6S. The summed E-state index contributed by atoms with van der Waals surface area (Å²) in [7, 11) is -2.28. The van der Waals surface area contributed by atoms with Gasteiger partial charge in [-0.15, -0.1) is 0 Å². The molecule has 0 unspecified atom stereocenters. The zero-order valence-corrected chi connectivity index (χ0v) is 18.6. The third kappa shape index (κ3) is 7.06. The van der Waals surface area contributed by atoms with Crippen LogP contribution in [0.25, 0.3) is 0 Å². The van der Waals surface area contributed by atoms with Crippen LogP contribution in [-0.4, -0.2) is 40.7 Å². The summed E-state index contributed by atoms with van der Waals surface area (Å²) < 4.78 is 37.3. The molecule has 0 heterocycles. The van der Waals surface area contributed by atoms with Crippen molar-refractivity contribution in [3.63, 3.8) is 0 Å². The highest BCUT2D eigenvalue weighted by Gasteiger charge is 2.15. The summed E-state index contributed by atoms with van der Waals surface area (Å²) in [6, 6.07) is 20.6. The van der Waals surface area contributed by atoms with Gasteiger partial charge >= 0.3 is 6.09 Å².